The Bertz CT molecular complexity index is 190. The van der Waals surface area contributed by atoms with Crippen LogP contribution in [-0.4, -0.2) is 13.1 Å². The van der Waals surface area contributed by atoms with E-state index in [4.69, 9.17) is 0 Å². The van der Waals surface area contributed by atoms with Crippen LogP contribution in [0.1, 0.15) is 47.0 Å². The summed E-state index contributed by atoms with van der Waals surface area (Å²) >= 11 is 0. The van der Waals surface area contributed by atoms with Gasteiger partial charge >= 0.3 is 0 Å². The highest BCUT2D eigenvalue weighted by atomic mass is 14.8. The van der Waals surface area contributed by atoms with Crippen LogP contribution in [0.25, 0.3) is 0 Å². The third-order valence-corrected chi connectivity index (χ3v) is 2.38. The van der Waals surface area contributed by atoms with E-state index in [-0.39, 0.29) is 0 Å². The highest BCUT2D eigenvalue weighted by molar-refractivity contribution is 5.12. The van der Waals surface area contributed by atoms with Crippen molar-refractivity contribution in [3.8, 4) is 0 Å². The number of allylic oxidation sites excluding steroid dienone is 4. The SMILES string of the molecule is CCNCCC/C(=C/C=C\C(C)C)CC. The predicted octanol–water partition coefficient (Wildman–Crippen LogP) is 3.92. The van der Waals surface area contributed by atoms with Gasteiger partial charge in [0.15, 0.2) is 0 Å². The topological polar surface area (TPSA) is 12.0 Å². The molecule has 0 spiro atoms. The summed E-state index contributed by atoms with van der Waals surface area (Å²) in [5.41, 5.74) is 1.56. The lowest BCUT2D eigenvalue weighted by Crippen LogP contribution is -2.13. The average Bonchev–Trinajstić information content (AvgIpc) is 2.21. The van der Waals surface area contributed by atoms with Crippen LogP contribution in [0.5, 0.6) is 0 Å². The van der Waals surface area contributed by atoms with Crippen LogP contribution in [0.15, 0.2) is 23.8 Å². The second-order valence-electron chi connectivity index (χ2n) is 4.26. The van der Waals surface area contributed by atoms with Crippen molar-refractivity contribution in [2.45, 2.75) is 47.0 Å². The highest BCUT2D eigenvalue weighted by Crippen LogP contribution is 2.09. The molecule has 0 aliphatic rings. The van der Waals surface area contributed by atoms with Gasteiger partial charge in [0.05, 0.1) is 0 Å². The van der Waals surface area contributed by atoms with Crippen LogP contribution in [0.4, 0.5) is 0 Å². The summed E-state index contributed by atoms with van der Waals surface area (Å²) in [4.78, 5) is 0. The fourth-order valence-corrected chi connectivity index (χ4v) is 1.41. The smallest absolute Gasteiger partial charge is 0.00460 e. The Morgan fingerprint density at radius 3 is 2.53 bits per heavy atom. The molecule has 0 fully saturated rings. The summed E-state index contributed by atoms with van der Waals surface area (Å²) in [5.74, 6) is 0.654. The standard InChI is InChI=1S/C14H27N/c1-5-14(10-7-9-13(3)4)11-8-12-15-6-2/h7,9-10,13,15H,5-6,8,11-12H2,1-4H3/b9-7-,14-10+. The molecule has 0 aromatic carbocycles. The molecule has 88 valence electrons. The van der Waals surface area contributed by atoms with Gasteiger partial charge < -0.3 is 5.32 Å². The quantitative estimate of drug-likeness (QED) is 0.472. The maximum atomic E-state index is 3.36. The van der Waals surface area contributed by atoms with Crippen molar-refractivity contribution in [2.24, 2.45) is 5.92 Å². The summed E-state index contributed by atoms with van der Waals surface area (Å²) < 4.78 is 0. The Morgan fingerprint density at radius 2 is 2.00 bits per heavy atom. The zero-order valence-corrected chi connectivity index (χ0v) is 10.8. The van der Waals surface area contributed by atoms with E-state index in [2.05, 4.69) is 51.2 Å². The fraction of sp³-hybridized carbons (Fsp3) is 0.714. The third-order valence-electron chi connectivity index (χ3n) is 2.38. The first-order valence-electron chi connectivity index (χ1n) is 6.27. The van der Waals surface area contributed by atoms with Gasteiger partial charge in [-0.15, -0.1) is 0 Å². The van der Waals surface area contributed by atoms with E-state index in [9.17, 15) is 0 Å². The van der Waals surface area contributed by atoms with E-state index >= 15 is 0 Å². The molecule has 0 heterocycles. The van der Waals surface area contributed by atoms with Gasteiger partial charge in [0.2, 0.25) is 0 Å². The van der Waals surface area contributed by atoms with Crippen LogP contribution in [0.2, 0.25) is 0 Å². The Labute approximate surface area is 95.7 Å². The molecule has 0 rings (SSSR count). The van der Waals surface area contributed by atoms with Gasteiger partial charge in [-0.25, -0.2) is 0 Å². The van der Waals surface area contributed by atoms with Gasteiger partial charge in [-0.3, -0.25) is 0 Å². The minimum absolute atomic E-state index is 0.654. The summed E-state index contributed by atoms with van der Waals surface area (Å²) in [6, 6.07) is 0. The first-order chi connectivity index (χ1) is 7.20. The molecule has 1 heteroatoms. The largest absolute Gasteiger partial charge is 0.317 e. The summed E-state index contributed by atoms with van der Waals surface area (Å²) in [6.07, 6.45) is 10.4. The lowest BCUT2D eigenvalue weighted by Gasteiger charge is -2.04. The number of hydrogen-bond donors (Lipinski definition) is 1. The molecule has 0 saturated carbocycles. The summed E-state index contributed by atoms with van der Waals surface area (Å²) in [6.45, 7) is 11.0. The fourth-order valence-electron chi connectivity index (χ4n) is 1.41. The van der Waals surface area contributed by atoms with Gasteiger partial charge in [-0.1, -0.05) is 51.5 Å². The molecule has 0 aromatic heterocycles. The maximum absolute atomic E-state index is 3.36. The van der Waals surface area contributed by atoms with Crippen molar-refractivity contribution in [1.82, 2.24) is 5.32 Å². The lowest BCUT2D eigenvalue weighted by molar-refractivity contribution is 0.664. The molecule has 0 bridgehead atoms. The van der Waals surface area contributed by atoms with Crippen molar-refractivity contribution in [1.29, 1.82) is 0 Å². The van der Waals surface area contributed by atoms with Gasteiger partial charge in [-0.2, -0.15) is 0 Å². The molecular formula is C14H27N. The second kappa shape index (κ2) is 9.97. The van der Waals surface area contributed by atoms with Gasteiger partial charge in [0, 0.05) is 0 Å². The van der Waals surface area contributed by atoms with Crippen molar-refractivity contribution >= 4 is 0 Å². The normalized spacial score (nSPS) is 13.0. The van der Waals surface area contributed by atoms with E-state index in [1.165, 1.54) is 19.3 Å². The Morgan fingerprint density at radius 1 is 1.27 bits per heavy atom. The molecule has 0 aromatic rings. The third kappa shape index (κ3) is 9.74. The van der Waals surface area contributed by atoms with Crippen molar-refractivity contribution < 1.29 is 0 Å². The van der Waals surface area contributed by atoms with E-state index < -0.39 is 0 Å². The first-order valence-corrected chi connectivity index (χ1v) is 6.27. The number of hydrogen-bond acceptors (Lipinski definition) is 1. The van der Waals surface area contributed by atoms with Gasteiger partial charge in [0.1, 0.15) is 0 Å². The molecule has 0 amide bonds. The van der Waals surface area contributed by atoms with E-state index in [1.54, 1.807) is 5.57 Å². The molecule has 1 N–H and O–H groups in total. The molecule has 0 radical (unpaired) electrons. The number of nitrogens with one attached hydrogen (secondary N) is 1. The van der Waals surface area contributed by atoms with E-state index in [0.29, 0.717) is 5.92 Å². The lowest BCUT2D eigenvalue weighted by atomic mass is 10.1. The zero-order valence-electron chi connectivity index (χ0n) is 10.8. The number of rotatable bonds is 8. The molecular weight excluding hydrogens is 182 g/mol. The van der Waals surface area contributed by atoms with Crippen LogP contribution in [-0.2, 0) is 0 Å². The molecule has 1 nitrogen and oxygen atoms in total. The monoisotopic (exact) mass is 209 g/mol. The van der Waals surface area contributed by atoms with Crippen molar-refractivity contribution in [3.05, 3.63) is 23.8 Å². The predicted molar refractivity (Wildman–Crippen MR) is 70.1 cm³/mol. The molecule has 15 heavy (non-hydrogen) atoms. The molecule has 0 aliphatic heterocycles. The minimum atomic E-state index is 0.654. The Hall–Kier alpha value is -0.560. The van der Waals surface area contributed by atoms with Crippen molar-refractivity contribution in [3.63, 3.8) is 0 Å². The first kappa shape index (κ1) is 14.4. The molecule has 0 saturated heterocycles. The van der Waals surface area contributed by atoms with E-state index in [0.717, 1.165) is 13.1 Å². The van der Waals surface area contributed by atoms with Crippen molar-refractivity contribution in [2.75, 3.05) is 13.1 Å². The molecule has 0 aliphatic carbocycles. The maximum Gasteiger partial charge on any atom is -0.00460 e. The Kier molecular flexibility index (Phi) is 9.60. The van der Waals surface area contributed by atoms with Gasteiger partial charge in [-0.05, 0) is 38.3 Å². The molecule has 0 unspecified atom stereocenters. The minimum Gasteiger partial charge on any atom is -0.317 e. The summed E-state index contributed by atoms with van der Waals surface area (Å²) in [5, 5.41) is 3.36. The van der Waals surface area contributed by atoms with Crippen LogP contribution in [0, 0.1) is 5.92 Å². The van der Waals surface area contributed by atoms with Crippen LogP contribution < -0.4 is 5.32 Å². The Balaban J connectivity index is 3.80. The van der Waals surface area contributed by atoms with E-state index in [1.807, 2.05) is 0 Å². The zero-order chi connectivity index (χ0) is 11.5. The average molecular weight is 209 g/mol. The van der Waals surface area contributed by atoms with Crippen LogP contribution in [0.3, 0.4) is 0 Å². The van der Waals surface area contributed by atoms with Gasteiger partial charge in [0.25, 0.3) is 0 Å². The second-order valence-corrected chi connectivity index (χ2v) is 4.26. The van der Waals surface area contributed by atoms with Crippen LogP contribution >= 0.6 is 0 Å². The molecule has 0 atom stereocenters. The highest BCUT2D eigenvalue weighted by Gasteiger charge is 1.93. The summed E-state index contributed by atoms with van der Waals surface area (Å²) in [7, 11) is 0.